The number of carbonyl (C=O) groups is 1. The number of hydrogen-bond acceptors (Lipinski definition) is 3. The summed E-state index contributed by atoms with van der Waals surface area (Å²) >= 11 is 1.34. The molecule has 0 atom stereocenters. The van der Waals surface area contributed by atoms with E-state index < -0.39 is 0 Å². The Morgan fingerprint density at radius 3 is 2.86 bits per heavy atom. The first-order valence-corrected chi connectivity index (χ1v) is 8.11. The van der Waals surface area contributed by atoms with Gasteiger partial charge in [0.05, 0.1) is 5.69 Å². The molecule has 5 heteroatoms. The van der Waals surface area contributed by atoms with Gasteiger partial charge in [-0.05, 0) is 37.0 Å². The van der Waals surface area contributed by atoms with Gasteiger partial charge in [-0.3, -0.25) is 4.79 Å². The van der Waals surface area contributed by atoms with Crippen molar-refractivity contribution in [3.05, 3.63) is 28.9 Å². The molecule has 0 unspecified atom stereocenters. The van der Waals surface area contributed by atoms with E-state index >= 15 is 0 Å². The molecule has 0 saturated heterocycles. The number of rotatable bonds is 3. The Morgan fingerprint density at radius 1 is 1.43 bits per heavy atom. The number of fused-ring (bicyclic) bond motifs is 1. The fraction of sp³-hybridized carbons (Fsp3) is 0.438. The first kappa shape index (κ1) is 14.3. The topological polar surface area (TPSA) is 46.3 Å². The SMILES string of the molecule is CN(CC1CCCC1)C(=O)c1sc2ccc(F)cc2c1N. The molecule has 3 nitrogen and oxygen atoms in total. The van der Waals surface area contributed by atoms with Crippen molar-refractivity contribution in [3.63, 3.8) is 0 Å². The molecule has 1 aromatic heterocycles. The highest BCUT2D eigenvalue weighted by Crippen LogP contribution is 2.35. The molecule has 21 heavy (non-hydrogen) atoms. The van der Waals surface area contributed by atoms with Crippen molar-refractivity contribution in [3.8, 4) is 0 Å². The van der Waals surface area contributed by atoms with E-state index in [4.69, 9.17) is 5.73 Å². The number of thiophene rings is 1. The van der Waals surface area contributed by atoms with Crippen molar-refractivity contribution in [1.29, 1.82) is 0 Å². The number of amides is 1. The Hall–Kier alpha value is -1.62. The van der Waals surface area contributed by atoms with Gasteiger partial charge in [0.2, 0.25) is 0 Å². The number of nitrogens with two attached hydrogens (primary N) is 1. The lowest BCUT2D eigenvalue weighted by Gasteiger charge is -2.20. The second-order valence-electron chi connectivity index (χ2n) is 5.82. The normalized spacial score (nSPS) is 15.7. The minimum atomic E-state index is -0.328. The molecular weight excluding hydrogens is 287 g/mol. The zero-order chi connectivity index (χ0) is 15.0. The van der Waals surface area contributed by atoms with Gasteiger partial charge >= 0.3 is 0 Å². The van der Waals surface area contributed by atoms with Gasteiger partial charge < -0.3 is 10.6 Å². The number of hydrogen-bond donors (Lipinski definition) is 1. The van der Waals surface area contributed by atoms with Crippen molar-refractivity contribution < 1.29 is 9.18 Å². The Balaban J connectivity index is 1.85. The lowest BCUT2D eigenvalue weighted by atomic mass is 10.1. The average molecular weight is 306 g/mol. The van der Waals surface area contributed by atoms with E-state index in [1.54, 1.807) is 11.0 Å². The first-order valence-electron chi connectivity index (χ1n) is 7.29. The summed E-state index contributed by atoms with van der Waals surface area (Å²) in [4.78, 5) is 14.9. The van der Waals surface area contributed by atoms with E-state index in [-0.39, 0.29) is 11.7 Å². The minimum Gasteiger partial charge on any atom is -0.397 e. The van der Waals surface area contributed by atoms with E-state index in [1.807, 2.05) is 7.05 Å². The fourth-order valence-electron chi connectivity index (χ4n) is 3.08. The maximum absolute atomic E-state index is 13.3. The van der Waals surface area contributed by atoms with Gasteiger partial charge in [0, 0.05) is 23.7 Å². The van der Waals surface area contributed by atoms with E-state index in [0.717, 1.165) is 11.2 Å². The van der Waals surface area contributed by atoms with Crippen molar-refractivity contribution in [2.75, 3.05) is 19.3 Å². The summed E-state index contributed by atoms with van der Waals surface area (Å²) in [5.41, 5.74) is 6.45. The van der Waals surface area contributed by atoms with Crippen molar-refractivity contribution in [2.24, 2.45) is 5.92 Å². The van der Waals surface area contributed by atoms with E-state index in [0.29, 0.717) is 21.9 Å². The summed E-state index contributed by atoms with van der Waals surface area (Å²) in [7, 11) is 1.82. The Morgan fingerprint density at radius 2 is 2.14 bits per heavy atom. The highest BCUT2D eigenvalue weighted by molar-refractivity contribution is 7.21. The fourth-order valence-corrected chi connectivity index (χ4v) is 4.18. The van der Waals surface area contributed by atoms with E-state index in [9.17, 15) is 9.18 Å². The average Bonchev–Trinajstić information content (AvgIpc) is 3.07. The molecule has 0 spiro atoms. The summed E-state index contributed by atoms with van der Waals surface area (Å²) in [5, 5.41) is 0.637. The van der Waals surface area contributed by atoms with Gasteiger partial charge in [-0.15, -0.1) is 11.3 Å². The Kier molecular flexibility index (Phi) is 3.85. The quantitative estimate of drug-likeness (QED) is 0.935. The van der Waals surface area contributed by atoms with Crippen LogP contribution in [0.3, 0.4) is 0 Å². The minimum absolute atomic E-state index is 0.0546. The van der Waals surface area contributed by atoms with Crippen LogP contribution in [-0.4, -0.2) is 24.4 Å². The molecule has 112 valence electrons. The van der Waals surface area contributed by atoms with Crippen LogP contribution in [-0.2, 0) is 0 Å². The van der Waals surface area contributed by atoms with Crippen LogP contribution in [0, 0.1) is 11.7 Å². The molecule has 0 aliphatic heterocycles. The molecule has 2 aromatic rings. The maximum Gasteiger partial charge on any atom is 0.265 e. The Bertz CT molecular complexity index is 676. The van der Waals surface area contributed by atoms with Crippen LogP contribution in [0.5, 0.6) is 0 Å². The Labute approximate surface area is 127 Å². The molecule has 0 bridgehead atoms. The summed E-state index contributed by atoms with van der Waals surface area (Å²) in [6.45, 7) is 0.779. The maximum atomic E-state index is 13.3. The molecule has 1 aliphatic carbocycles. The van der Waals surface area contributed by atoms with Crippen LogP contribution < -0.4 is 5.73 Å². The molecule has 1 aliphatic rings. The first-order chi connectivity index (χ1) is 10.1. The lowest BCUT2D eigenvalue weighted by Crippen LogP contribution is -2.31. The number of nitrogen functional groups attached to an aromatic ring is 1. The number of nitrogens with zero attached hydrogens (tertiary/aromatic N) is 1. The van der Waals surface area contributed by atoms with Crippen molar-refractivity contribution >= 4 is 33.0 Å². The molecule has 3 rings (SSSR count). The van der Waals surface area contributed by atoms with Crippen LogP contribution in [0.1, 0.15) is 35.4 Å². The number of benzene rings is 1. The smallest absolute Gasteiger partial charge is 0.265 e. The summed E-state index contributed by atoms with van der Waals surface area (Å²) in [6, 6.07) is 4.48. The standard InChI is InChI=1S/C16H19FN2OS/c1-19(9-10-4-2-3-5-10)16(20)15-14(18)12-8-11(17)6-7-13(12)21-15/h6-8,10H,2-5,9,18H2,1H3. The molecule has 1 fully saturated rings. The van der Waals surface area contributed by atoms with E-state index in [1.165, 1.54) is 49.2 Å². The third kappa shape index (κ3) is 2.75. The van der Waals surface area contributed by atoms with Gasteiger partial charge in [-0.1, -0.05) is 12.8 Å². The molecule has 1 heterocycles. The van der Waals surface area contributed by atoms with Gasteiger partial charge in [0.1, 0.15) is 10.7 Å². The second-order valence-corrected chi connectivity index (χ2v) is 6.87. The van der Waals surface area contributed by atoms with Crippen LogP contribution in [0.15, 0.2) is 18.2 Å². The van der Waals surface area contributed by atoms with Gasteiger partial charge in [-0.2, -0.15) is 0 Å². The third-order valence-electron chi connectivity index (χ3n) is 4.24. The van der Waals surface area contributed by atoms with Crippen molar-refractivity contribution in [1.82, 2.24) is 4.90 Å². The predicted octanol–water partition coefficient (Wildman–Crippen LogP) is 3.88. The van der Waals surface area contributed by atoms with E-state index in [2.05, 4.69) is 0 Å². The predicted molar refractivity (Wildman–Crippen MR) is 85.1 cm³/mol. The summed E-state index contributed by atoms with van der Waals surface area (Å²) < 4.78 is 14.2. The monoisotopic (exact) mass is 306 g/mol. The molecule has 1 saturated carbocycles. The highest BCUT2D eigenvalue weighted by Gasteiger charge is 2.23. The van der Waals surface area contributed by atoms with Gasteiger partial charge in [0.25, 0.3) is 5.91 Å². The number of anilines is 1. The van der Waals surface area contributed by atoms with Gasteiger partial charge in [-0.25, -0.2) is 4.39 Å². The largest absolute Gasteiger partial charge is 0.397 e. The summed E-state index contributed by atoms with van der Waals surface area (Å²) in [6.07, 6.45) is 4.92. The van der Waals surface area contributed by atoms with Crippen molar-refractivity contribution in [2.45, 2.75) is 25.7 Å². The van der Waals surface area contributed by atoms with Gasteiger partial charge in [0.15, 0.2) is 0 Å². The van der Waals surface area contributed by atoms with Crippen LogP contribution >= 0.6 is 11.3 Å². The summed E-state index contributed by atoms with van der Waals surface area (Å²) in [5.74, 6) is 0.221. The molecule has 1 aromatic carbocycles. The zero-order valence-corrected chi connectivity index (χ0v) is 12.9. The lowest BCUT2D eigenvalue weighted by molar-refractivity contribution is 0.0779. The molecular formula is C16H19FN2OS. The van der Waals surface area contributed by atoms with Crippen LogP contribution in [0.2, 0.25) is 0 Å². The van der Waals surface area contributed by atoms with Crippen LogP contribution in [0.4, 0.5) is 10.1 Å². The zero-order valence-electron chi connectivity index (χ0n) is 12.1. The molecule has 2 N–H and O–H groups in total. The number of halogens is 1. The molecule has 0 radical (unpaired) electrons. The molecule has 1 amide bonds. The van der Waals surface area contributed by atoms with Crippen LogP contribution in [0.25, 0.3) is 10.1 Å². The highest BCUT2D eigenvalue weighted by atomic mass is 32.1. The number of carbonyl (C=O) groups excluding carboxylic acids is 1. The second kappa shape index (κ2) is 5.64. The third-order valence-corrected chi connectivity index (χ3v) is 5.41.